The van der Waals surface area contributed by atoms with E-state index in [-0.39, 0.29) is 32.7 Å². The van der Waals surface area contributed by atoms with Crippen molar-refractivity contribution in [2.45, 2.75) is 33.6 Å². The molecule has 17 heavy (non-hydrogen) atoms. The van der Waals surface area contributed by atoms with E-state index in [0.717, 1.165) is 5.56 Å². The summed E-state index contributed by atoms with van der Waals surface area (Å²) in [6, 6.07) is 7.05. The summed E-state index contributed by atoms with van der Waals surface area (Å²) in [5.41, 5.74) is 1.11. The summed E-state index contributed by atoms with van der Waals surface area (Å²) in [6.07, 6.45) is 1.79. The third-order valence-electron chi connectivity index (χ3n) is 2.12. The van der Waals surface area contributed by atoms with Crippen LogP contribution in [0.5, 0.6) is 0 Å². The molecule has 0 N–H and O–H groups in total. The summed E-state index contributed by atoms with van der Waals surface area (Å²) in [4.78, 5) is 4.22. The maximum absolute atomic E-state index is 8.81. The molecule has 0 saturated heterocycles. The fraction of sp³-hybridized carbons (Fsp3) is 0.429. The Balaban J connectivity index is 0.00000256. The number of pyridine rings is 1. The van der Waals surface area contributed by atoms with E-state index in [1.54, 1.807) is 26.1 Å². The second-order valence-electron chi connectivity index (χ2n) is 4.53. The number of nitriles is 1. The van der Waals surface area contributed by atoms with Gasteiger partial charge in [-0.1, -0.05) is 26.0 Å². The van der Waals surface area contributed by atoms with Gasteiger partial charge in [0.1, 0.15) is 5.41 Å². The Labute approximate surface area is 129 Å². The molecule has 0 bridgehead atoms. The van der Waals surface area contributed by atoms with Gasteiger partial charge in [-0.05, 0) is 25.5 Å². The molecule has 2 nitrogen and oxygen atoms in total. The molecule has 0 spiro atoms. The summed E-state index contributed by atoms with van der Waals surface area (Å²) >= 11 is 0. The smallest absolute Gasteiger partial charge is 0.111 e. The van der Waals surface area contributed by atoms with Gasteiger partial charge in [-0.3, -0.25) is 0 Å². The molecule has 1 rings (SSSR count). The molecule has 0 fully saturated rings. The molecule has 0 aliphatic heterocycles. The first-order chi connectivity index (χ1) is 7.44. The summed E-state index contributed by atoms with van der Waals surface area (Å²) < 4.78 is 0. The van der Waals surface area contributed by atoms with Crippen molar-refractivity contribution in [1.29, 1.82) is 5.26 Å². The van der Waals surface area contributed by atoms with Crippen molar-refractivity contribution in [3.05, 3.63) is 29.6 Å². The second kappa shape index (κ2) is 6.90. The van der Waals surface area contributed by atoms with E-state index in [1.165, 1.54) is 0 Å². The van der Waals surface area contributed by atoms with Crippen molar-refractivity contribution in [2.75, 3.05) is 0 Å². The Morgan fingerprint density at radius 3 is 2.47 bits per heavy atom. The first-order valence-electron chi connectivity index (χ1n) is 5.26. The van der Waals surface area contributed by atoms with Crippen molar-refractivity contribution in [3.63, 3.8) is 0 Å². The predicted molar refractivity (Wildman–Crippen MR) is 63.4 cm³/mol. The third-order valence-corrected chi connectivity index (χ3v) is 2.12. The van der Waals surface area contributed by atoms with Crippen molar-refractivity contribution in [2.24, 2.45) is 5.41 Å². The Hall–Kier alpha value is -0.696. The number of aromatic nitrogens is 1. The molecule has 85 valence electrons. The molecular formula is C14H15N2Y-. The molecule has 0 aliphatic rings. The van der Waals surface area contributed by atoms with E-state index >= 15 is 0 Å². The normalized spacial score (nSPS) is 9.88. The molecule has 1 aromatic rings. The number of hydrogen-bond donors (Lipinski definition) is 0. The van der Waals surface area contributed by atoms with E-state index in [4.69, 9.17) is 5.26 Å². The molecule has 0 unspecified atom stereocenters. The fourth-order valence-corrected chi connectivity index (χ4v) is 0.998. The number of hydrogen-bond acceptors (Lipinski definition) is 2. The minimum absolute atomic E-state index is 0. The summed E-state index contributed by atoms with van der Waals surface area (Å²) in [5.74, 6) is 6.19. The molecule has 0 aliphatic carbocycles. The van der Waals surface area contributed by atoms with Crippen LogP contribution in [0, 0.1) is 34.7 Å². The van der Waals surface area contributed by atoms with Crippen LogP contribution in [0.3, 0.4) is 0 Å². The van der Waals surface area contributed by atoms with Gasteiger partial charge in [-0.25, -0.2) is 0 Å². The standard InChI is InChI=1S/C14H15N2.Y/c1-11(2)12-5-6-13(16-9-12)7-8-14(3,4)10-15;/h6,9,11H,1-4H3;/q-1;. The van der Waals surface area contributed by atoms with Crippen LogP contribution in [0.25, 0.3) is 0 Å². The minimum atomic E-state index is -0.627. The minimum Gasteiger partial charge on any atom is -0.375 e. The van der Waals surface area contributed by atoms with Crippen LogP contribution in [-0.2, 0) is 32.7 Å². The topological polar surface area (TPSA) is 36.7 Å². The van der Waals surface area contributed by atoms with Gasteiger partial charge in [0.05, 0.1) is 6.07 Å². The molecule has 3 heteroatoms. The van der Waals surface area contributed by atoms with E-state index < -0.39 is 5.41 Å². The van der Waals surface area contributed by atoms with Crippen molar-refractivity contribution >= 4 is 0 Å². The molecular weight excluding hydrogens is 285 g/mol. The summed E-state index contributed by atoms with van der Waals surface area (Å²) in [7, 11) is 0. The average Bonchev–Trinajstić information content (AvgIpc) is 2.27. The maximum atomic E-state index is 8.81. The number of nitrogens with zero attached hydrogens (tertiary/aromatic N) is 2. The van der Waals surface area contributed by atoms with Crippen LogP contribution in [0.15, 0.2) is 12.3 Å². The average molecular weight is 300 g/mol. The maximum Gasteiger partial charge on any atom is 0.111 e. The molecule has 0 saturated carbocycles. The van der Waals surface area contributed by atoms with Crippen molar-refractivity contribution in [1.82, 2.24) is 4.98 Å². The number of rotatable bonds is 1. The van der Waals surface area contributed by atoms with Crippen LogP contribution >= 0.6 is 0 Å². The van der Waals surface area contributed by atoms with Gasteiger partial charge in [0.15, 0.2) is 0 Å². The van der Waals surface area contributed by atoms with E-state index in [2.05, 4.69) is 42.8 Å². The first-order valence-corrected chi connectivity index (χ1v) is 5.26. The Morgan fingerprint density at radius 2 is 2.06 bits per heavy atom. The SMILES string of the molecule is CC(C)c1[c-]cc(C#CC(C)(C)C#N)nc1.[Y]. The van der Waals surface area contributed by atoms with Gasteiger partial charge < -0.3 is 4.98 Å². The molecule has 0 aromatic carbocycles. The van der Waals surface area contributed by atoms with Crippen LogP contribution in [0.1, 0.15) is 44.9 Å². The molecule has 0 amide bonds. The van der Waals surface area contributed by atoms with Gasteiger partial charge in [0, 0.05) is 32.7 Å². The van der Waals surface area contributed by atoms with E-state index in [0.29, 0.717) is 11.6 Å². The van der Waals surface area contributed by atoms with E-state index in [9.17, 15) is 0 Å². The van der Waals surface area contributed by atoms with Gasteiger partial charge in [0.25, 0.3) is 0 Å². The van der Waals surface area contributed by atoms with E-state index in [1.807, 2.05) is 0 Å². The fourth-order valence-electron chi connectivity index (χ4n) is 0.998. The third kappa shape index (κ3) is 5.45. The van der Waals surface area contributed by atoms with Gasteiger partial charge >= 0.3 is 0 Å². The quantitative estimate of drug-likeness (QED) is 0.590. The predicted octanol–water partition coefficient (Wildman–Crippen LogP) is 2.90. The zero-order chi connectivity index (χ0) is 12.2. The van der Waals surface area contributed by atoms with Crippen LogP contribution in [0.2, 0.25) is 0 Å². The zero-order valence-electron chi connectivity index (χ0n) is 10.7. The Morgan fingerprint density at radius 1 is 1.41 bits per heavy atom. The van der Waals surface area contributed by atoms with Gasteiger partial charge in [-0.2, -0.15) is 11.3 Å². The van der Waals surface area contributed by atoms with Gasteiger partial charge in [-0.15, -0.1) is 17.6 Å². The Kier molecular flexibility index (Phi) is 6.62. The zero-order valence-corrected chi connectivity index (χ0v) is 13.5. The van der Waals surface area contributed by atoms with Gasteiger partial charge in [0.2, 0.25) is 0 Å². The Bertz CT molecular complexity index is 456. The summed E-state index contributed by atoms with van der Waals surface area (Å²) in [6.45, 7) is 7.76. The monoisotopic (exact) mass is 300 g/mol. The molecule has 1 radical (unpaired) electrons. The molecule has 0 atom stereocenters. The largest absolute Gasteiger partial charge is 0.375 e. The van der Waals surface area contributed by atoms with Crippen molar-refractivity contribution < 1.29 is 32.7 Å². The van der Waals surface area contributed by atoms with Crippen LogP contribution < -0.4 is 0 Å². The molecule has 1 aromatic heterocycles. The summed E-state index contributed by atoms with van der Waals surface area (Å²) in [5, 5.41) is 8.81. The first kappa shape index (κ1) is 16.3. The van der Waals surface area contributed by atoms with Crippen LogP contribution in [0.4, 0.5) is 0 Å². The second-order valence-corrected chi connectivity index (χ2v) is 4.53. The van der Waals surface area contributed by atoms with Crippen molar-refractivity contribution in [3.8, 4) is 17.9 Å². The van der Waals surface area contributed by atoms with Crippen LogP contribution in [-0.4, -0.2) is 4.98 Å². The molecule has 1 heterocycles.